The van der Waals surface area contributed by atoms with E-state index in [1.54, 1.807) is 0 Å². The van der Waals surface area contributed by atoms with Gasteiger partial charge in [-0.05, 0) is 71.8 Å². The fourth-order valence-electron chi connectivity index (χ4n) is 2.07. The highest BCUT2D eigenvalue weighted by molar-refractivity contribution is 9.48. The van der Waals surface area contributed by atoms with E-state index in [4.69, 9.17) is 0 Å². The van der Waals surface area contributed by atoms with Crippen LogP contribution >= 0.6 is 80.5 Å². The molecule has 0 bridgehead atoms. The van der Waals surface area contributed by atoms with E-state index >= 15 is 0 Å². The van der Waals surface area contributed by atoms with Gasteiger partial charge in [0.15, 0.2) is 0 Å². The average molecular weight is 439 g/mol. The summed E-state index contributed by atoms with van der Waals surface area (Å²) in [6.45, 7) is 0. The molecule has 0 spiro atoms. The van der Waals surface area contributed by atoms with Gasteiger partial charge in [0.1, 0.15) is 0 Å². The Morgan fingerprint density at radius 2 is 0.571 bits per heavy atom. The fourth-order valence-corrected chi connectivity index (χ4v) is 19.3. The largest absolute Gasteiger partial charge is 0.0817 e. The SMILES string of the molecule is C1CCCCCCSSSSSSSSCCCCCC1. The third kappa shape index (κ3) is 17.4. The molecule has 0 nitrogen and oxygen atoms in total. The minimum atomic E-state index is 1.32. The van der Waals surface area contributed by atoms with E-state index in [9.17, 15) is 0 Å². The van der Waals surface area contributed by atoms with Crippen LogP contribution in [0.2, 0.25) is 0 Å². The Bertz CT molecular complexity index is 112. The maximum absolute atomic E-state index is 2.03. The van der Waals surface area contributed by atoms with Crippen LogP contribution in [-0.4, -0.2) is 11.5 Å². The molecule has 8 heteroatoms. The van der Waals surface area contributed by atoms with E-state index in [-0.39, 0.29) is 0 Å². The lowest BCUT2D eigenvalue weighted by molar-refractivity contribution is 0.555. The average Bonchev–Trinajstić information content (AvgIpc) is 2.50. The molecule has 1 aliphatic rings. The normalized spacial score (nSPS) is 24.0. The second-order valence-electron chi connectivity index (χ2n) is 4.94. The number of hydrogen-bond donors (Lipinski definition) is 0. The molecule has 0 unspecified atom stereocenters. The fraction of sp³-hybridized carbons (Fsp3) is 1.00. The van der Waals surface area contributed by atoms with Crippen LogP contribution in [0.1, 0.15) is 70.6 Å². The summed E-state index contributed by atoms with van der Waals surface area (Å²) >= 11 is 0. The molecule has 1 heterocycles. The molecule has 0 N–H and O–H groups in total. The van der Waals surface area contributed by atoms with Crippen LogP contribution in [0.4, 0.5) is 0 Å². The molecule has 0 aromatic rings. The minimum Gasteiger partial charge on any atom is -0.0817 e. The van der Waals surface area contributed by atoms with Crippen molar-refractivity contribution in [3.63, 3.8) is 0 Å². The standard InChI is InChI=1S/C13H26S8/c1-2-4-6-8-10-12-14-16-18-20-21-19-17-15-13-11-9-7-5-3-1/h1-13H2. The molecule has 126 valence electrons. The van der Waals surface area contributed by atoms with Gasteiger partial charge in [-0.3, -0.25) is 0 Å². The first-order chi connectivity index (χ1) is 10.5. The summed E-state index contributed by atoms with van der Waals surface area (Å²) in [6.07, 6.45) is 15.9. The van der Waals surface area contributed by atoms with Crippen molar-refractivity contribution in [3.05, 3.63) is 0 Å². The van der Waals surface area contributed by atoms with Gasteiger partial charge in [-0.1, -0.05) is 79.4 Å². The third-order valence-corrected chi connectivity index (χ3v) is 18.7. The Labute approximate surface area is 161 Å². The van der Waals surface area contributed by atoms with Crippen molar-refractivity contribution in [1.82, 2.24) is 0 Å². The summed E-state index contributed by atoms with van der Waals surface area (Å²) in [5, 5.41) is 0. The first kappa shape index (κ1) is 21.8. The molecule has 1 rings (SSSR count). The smallest absolute Gasteiger partial charge is 0.00454 e. The molecule has 0 aliphatic carbocycles. The Balaban J connectivity index is 2.00. The predicted molar refractivity (Wildman–Crippen MR) is 121 cm³/mol. The first-order valence-electron chi connectivity index (χ1n) is 7.74. The minimum absolute atomic E-state index is 1.32. The molecule has 21 heavy (non-hydrogen) atoms. The van der Waals surface area contributed by atoms with Crippen molar-refractivity contribution < 1.29 is 0 Å². The third-order valence-electron chi connectivity index (χ3n) is 3.19. The zero-order valence-electron chi connectivity index (χ0n) is 12.5. The first-order valence-corrected chi connectivity index (χ1v) is 18.2. The molecule has 0 amide bonds. The second kappa shape index (κ2) is 19.1. The molecule has 0 atom stereocenters. The molecule has 0 aromatic heterocycles. The molecule has 0 saturated carbocycles. The molecule has 0 aromatic carbocycles. The van der Waals surface area contributed by atoms with Gasteiger partial charge in [-0.2, -0.15) is 0 Å². The second-order valence-corrected chi connectivity index (χ2v) is 18.3. The van der Waals surface area contributed by atoms with Gasteiger partial charge in [0.05, 0.1) is 0 Å². The summed E-state index contributed by atoms with van der Waals surface area (Å²) in [4.78, 5) is 0. The lowest BCUT2D eigenvalue weighted by atomic mass is 10.1. The molecular formula is C13H26S8. The van der Waals surface area contributed by atoms with Crippen molar-refractivity contribution in [2.45, 2.75) is 70.6 Å². The molecule has 0 radical (unpaired) electrons. The molecule has 1 saturated heterocycles. The van der Waals surface area contributed by atoms with Crippen molar-refractivity contribution in [2.24, 2.45) is 0 Å². The molecule has 1 fully saturated rings. The van der Waals surface area contributed by atoms with Gasteiger partial charge in [0.25, 0.3) is 0 Å². The summed E-state index contributed by atoms with van der Waals surface area (Å²) in [6, 6.07) is 0. The van der Waals surface area contributed by atoms with Crippen LogP contribution in [0, 0.1) is 0 Å². The predicted octanol–water partition coefficient (Wildman–Crippen LogP) is 9.56. The summed E-state index contributed by atoms with van der Waals surface area (Å²) in [5.74, 6) is 2.64. The van der Waals surface area contributed by atoms with Crippen LogP contribution in [0.15, 0.2) is 0 Å². The topological polar surface area (TPSA) is 0 Å². The van der Waals surface area contributed by atoms with E-state index in [2.05, 4.69) is 0 Å². The van der Waals surface area contributed by atoms with E-state index in [0.717, 1.165) is 0 Å². The van der Waals surface area contributed by atoms with Crippen molar-refractivity contribution in [3.8, 4) is 0 Å². The molecular weight excluding hydrogens is 413 g/mol. The van der Waals surface area contributed by atoms with Gasteiger partial charge < -0.3 is 0 Å². The van der Waals surface area contributed by atoms with Crippen molar-refractivity contribution in [1.29, 1.82) is 0 Å². The monoisotopic (exact) mass is 438 g/mol. The van der Waals surface area contributed by atoms with E-state index in [0.29, 0.717) is 0 Å². The van der Waals surface area contributed by atoms with Gasteiger partial charge in [-0.15, -0.1) is 0 Å². The lowest BCUT2D eigenvalue weighted by Crippen LogP contribution is -1.84. The lowest BCUT2D eigenvalue weighted by Gasteiger charge is -2.02. The summed E-state index contributed by atoms with van der Waals surface area (Å²) in [7, 11) is 15.6. The van der Waals surface area contributed by atoms with Crippen LogP contribution < -0.4 is 0 Å². The number of hydrogen-bond acceptors (Lipinski definition) is 8. The van der Waals surface area contributed by atoms with Crippen molar-refractivity contribution >= 4 is 80.5 Å². The van der Waals surface area contributed by atoms with Gasteiger partial charge in [0.2, 0.25) is 0 Å². The highest BCUT2D eigenvalue weighted by Crippen LogP contribution is 2.57. The maximum atomic E-state index is 2.03. The van der Waals surface area contributed by atoms with Crippen LogP contribution in [0.5, 0.6) is 0 Å². The van der Waals surface area contributed by atoms with E-state index in [1.165, 1.54) is 82.1 Å². The van der Waals surface area contributed by atoms with Gasteiger partial charge in [0, 0.05) is 11.5 Å². The Morgan fingerprint density at radius 3 is 0.952 bits per heavy atom. The highest BCUT2D eigenvalue weighted by Gasteiger charge is 1.99. The Kier molecular flexibility index (Phi) is 19.9. The Hall–Kier alpha value is 2.80. The summed E-state index contributed by atoms with van der Waals surface area (Å²) in [5.41, 5.74) is 0. The number of rotatable bonds is 0. The highest BCUT2D eigenvalue weighted by atomic mass is 34.0. The van der Waals surface area contributed by atoms with Crippen LogP contribution in [0.25, 0.3) is 0 Å². The Morgan fingerprint density at radius 1 is 0.286 bits per heavy atom. The quantitative estimate of drug-likeness (QED) is 0.338. The van der Waals surface area contributed by atoms with E-state index in [1.807, 2.05) is 80.5 Å². The summed E-state index contributed by atoms with van der Waals surface area (Å²) < 4.78 is 0. The molecule has 1 aliphatic heterocycles. The van der Waals surface area contributed by atoms with Crippen molar-refractivity contribution in [2.75, 3.05) is 11.5 Å². The maximum Gasteiger partial charge on any atom is 0.00454 e. The zero-order valence-corrected chi connectivity index (χ0v) is 19.0. The van der Waals surface area contributed by atoms with Gasteiger partial charge in [-0.25, -0.2) is 0 Å². The zero-order chi connectivity index (χ0) is 14.8. The van der Waals surface area contributed by atoms with Crippen LogP contribution in [0.3, 0.4) is 0 Å². The van der Waals surface area contributed by atoms with Crippen LogP contribution in [-0.2, 0) is 0 Å². The van der Waals surface area contributed by atoms with E-state index < -0.39 is 0 Å². The van der Waals surface area contributed by atoms with Gasteiger partial charge >= 0.3 is 0 Å².